The van der Waals surface area contributed by atoms with Gasteiger partial charge in [-0.2, -0.15) is 0 Å². The van der Waals surface area contributed by atoms with Gasteiger partial charge in [0.25, 0.3) is 11.6 Å². The number of nitrogens with zero attached hydrogens (tertiary/aromatic N) is 2. The van der Waals surface area contributed by atoms with E-state index in [1.165, 1.54) is 17.8 Å². The number of rotatable bonds is 4. The molecule has 0 spiro atoms. The molecule has 2 rings (SSSR count). The molecule has 0 aliphatic carbocycles. The second-order valence-corrected chi connectivity index (χ2v) is 5.42. The van der Waals surface area contributed by atoms with E-state index in [1.807, 2.05) is 0 Å². The molecule has 1 aliphatic rings. The van der Waals surface area contributed by atoms with E-state index in [0.29, 0.717) is 18.0 Å². The lowest BCUT2D eigenvalue weighted by Crippen LogP contribution is -2.46. The maximum Gasteiger partial charge on any atom is 0.283 e. The van der Waals surface area contributed by atoms with Crippen LogP contribution in [0, 0.1) is 10.1 Å². The lowest BCUT2D eigenvalue weighted by Gasteiger charge is -2.32. The van der Waals surface area contributed by atoms with Crippen LogP contribution >= 0.6 is 11.8 Å². The summed E-state index contributed by atoms with van der Waals surface area (Å²) >= 11 is 1.26. The Kier molecular flexibility index (Phi) is 5.16. The SMILES string of the molecule is CSc1ccc(C(=O)N2CCOC(CO)C2)cc1[N+](=O)[O-]. The Morgan fingerprint density at radius 1 is 1.62 bits per heavy atom. The van der Waals surface area contributed by atoms with Crippen LogP contribution in [0.3, 0.4) is 0 Å². The quantitative estimate of drug-likeness (QED) is 0.509. The van der Waals surface area contributed by atoms with Crippen LogP contribution in [0.15, 0.2) is 23.1 Å². The summed E-state index contributed by atoms with van der Waals surface area (Å²) in [4.78, 5) is 25.0. The number of nitro groups is 1. The van der Waals surface area contributed by atoms with E-state index in [-0.39, 0.29) is 30.3 Å². The molecule has 1 aromatic carbocycles. The highest BCUT2D eigenvalue weighted by Crippen LogP contribution is 2.28. The molecule has 0 aromatic heterocycles. The van der Waals surface area contributed by atoms with Crippen molar-refractivity contribution in [1.82, 2.24) is 4.90 Å². The third-order valence-electron chi connectivity index (χ3n) is 3.25. The summed E-state index contributed by atoms with van der Waals surface area (Å²) in [5.74, 6) is -0.285. The van der Waals surface area contributed by atoms with E-state index in [9.17, 15) is 14.9 Å². The zero-order valence-corrected chi connectivity index (χ0v) is 12.3. The molecule has 1 N–H and O–H groups in total. The van der Waals surface area contributed by atoms with Gasteiger partial charge in [0.05, 0.1) is 29.1 Å². The van der Waals surface area contributed by atoms with Crippen LogP contribution in [-0.2, 0) is 4.74 Å². The minimum absolute atomic E-state index is 0.0692. The number of thioether (sulfide) groups is 1. The van der Waals surface area contributed by atoms with E-state index in [4.69, 9.17) is 9.84 Å². The van der Waals surface area contributed by atoms with Crippen LogP contribution < -0.4 is 0 Å². The number of hydrogen-bond acceptors (Lipinski definition) is 6. The molecule has 1 fully saturated rings. The fourth-order valence-electron chi connectivity index (χ4n) is 2.16. The molecule has 1 aromatic rings. The summed E-state index contributed by atoms with van der Waals surface area (Å²) < 4.78 is 5.29. The summed E-state index contributed by atoms with van der Waals surface area (Å²) in [6.07, 6.45) is 1.35. The van der Waals surface area contributed by atoms with Gasteiger partial charge < -0.3 is 14.7 Å². The molecule has 1 unspecified atom stereocenters. The molecule has 0 radical (unpaired) electrons. The van der Waals surface area contributed by atoms with Gasteiger partial charge in [0.15, 0.2) is 0 Å². The van der Waals surface area contributed by atoms with Gasteiger partial charge in [-0.05, 0) is 18.4 Å². The molecular weight excluding hydrogens is 296 g/mol. The third kappa shape index (κ3) is 3.52. The molecule has 7 nitrogen and oxygen atoms in total. The van der Waals surface area contributed by atoms with Crippen LogP contribution in [0.5, 0.6) is 0 Å². The Hall–Kier alpha value is -1.64. The Morgan fingerprint density at radius 3 is 3.00 bits per heavy atom. The van der Waals surface area contributed by atoms with Crippen LogP contribution in [0.25, 0.3) is 0 Å². The van der Waals surface area contributed by atoms with Crippen molar-refractivity contribution in [3.05, 3.63) is 33.9 Å². The zero-order chi connectivity index (χ0) is 15.4. The number of carbonyl (C=O) groups is 1. The number of aliphatic hydroxyl groups excluding tert-OH is 1. The first-order valence-electron chi connectivity index (χ1n) is 6.41. The van der Waals surface area contributed by atoms with E-state index >= 15 is 0 Å². The fraction of sp³-hybridized carbons (Fsp3) is 0.462. The number of aliphatic hydroxyl groups is 1. The molecule has 1 amide bonds. The average Bonchev–Trinajstić information content (AvgIpc) is 2.53. The van der Waals surface area contributed by atoms with Gasteiger partial charge in [0.2, 0.25) is 0 Å². The summed E-state index contributed by atoms with van der Waals surface area (Å²) in [5, 5.41) is 20.1. The van der Waals surface area contributed by atoms with Crippen molar-refractivity contribution in [2.75, 3.05) is 32.6 Å². The normalized spacial score (nSPS) is 18.6. The van der Waals surface area contributed by atoms with Crippen LogP contribution in [0.4, 0.5) is 5.69 Å². The highest BCUT2D eigenvalue weighted by molar-refractivity contribution is 7.98. The summed E-state index contributed by atoms with van der Waals surface area (Å²) in [6.45, 7) is 0.887. The molecule has 0 bridgehead atoms. The van der Waals surface area contributed by atoms with Crippen molar-refractivity contribution in [1.29, 1.82) is 0 Å². The van der Waals surface area contributed by atoms with Crippen molar-refractivity contribution >= 4 is 23.4 Å². The Morgan fingerprint density at radius 2 is 2.38 bits per heavy atom. The largest absolute Gasteiger partial charge is 0.394 e. The van der Waals surface area contributed by atoms with E-state index in [2.05, 4.69) is 0 Å². The van der Waals surface area contributed by atoms with Gasteiger partial charge >= 0.3 is 0 Å². The van der Waals surface area contributed by atoms with Gasteiger partial charge in [-0.1, -0.05) is 0 Å². The van der Waals surface area contributed by atoms with Crippen LogP contribution in [-0.4, -0.2) is 59.5 Å². The van der Waals surface area contributed by atoms with Gasteiger partial charge in [-0.15, -0.1) is 11.8 Å². The minimum atomic E-state index is -0.488. The van der Waals surface area contributed by atoms with Crippen molar-refractivity contribution in [2.24, 2.45) is 0 Å². The molecule has 1 aliphatic heterocycles. The predicted molar refractivity (Wildman–Crippen MR) is 77.6 cm³/mol. The highest BCUT2D eigenvalue weighted by Gasteiger charge is 2.26. The maximum absolute atomic E-state index is 12.4. The first-order chi connectivity index (χ1) is 10.1. The van der Waals surface area contributed by atoms with Gasteiger partial charge in [-0.25, -0.2) is 0 Å². The van der Waals surface area contributed by atoms with Gasteiger partial charge in [-0.3, -0.25) is 14.9 Å². The highest BCUT2D eigenvalue weighted by atomic mass is 32.2. The number of benzene rings is 1. The topological polar surface area (TPSA) is 92.9 Å². The molecule has 0 saturated carbocycles. The summed E-state index contributed by atoms with van der Waals surface area (Å²) in [6, 6.07) is 4.47. The van der Waals surface area contributed by atoms with E-state index < -0.39 is 11.0 Å². The maximum atomic E-state index is 12.4. The molecule has 8 heteroatoms. The lowest BCUT2D eigenvalue weighted by atomic mass is 10.1. The number of carbonyl (C=O) groups excluding carboxylic acids is 1. The number of morpholine rings is 1. The van der Waals surface area contributed by atoms with Crippen molar-refractivity contribution in [3.63, 3.8) is 0 Å². The second kappa shape index (κ2) is 6.88. The molecule has 1 saturated heterocycles. The first kappa shape index (κ1) is 15.7. The Balaban J connectivity index is 2.23. The van der Waals surface area contributed by atoms with Crippen LogP contribution in [0.1, 0.15) is 10.4 Å². The number of nitro benzene ring substituents is 1. The monoisotopic (exact) mass is 312 g/mol. The number of ether oxygens (including phenoxy) is 1. The van der Waals surface area contributed by atoms with Crippen LogP contribution in [0.2, 0.25) is 0 Å². The smallest absolute Gasteiger partial charge is 0.283 e. The number of amides is 1. The lowest BCUT2D eigenvalue weighted by molar-refractivity contribution is -0.387. The zero-order valence-electron chi connectivity index (χ0n) is 11.5. The standard InChI is InChI=1S/C13H16N2O5S/c1-21-12-3-2-9(6-11(12)15(18)19)13(17)14-4-5-20-10(7-14)8-16/h2-3,6,10,16H,4-5,7-8H2,1H3. The molecule has 114 valence electrons. The molecule has 21 heavy (non-hydrogen) atoms. The molecule has 1 heterocycles. The van der Waals surface area contributed by atoms with Crippen molar-refractivity contribution < 1.29 is 19.6 Å². The van der Waals surface area contributed by atoms with Gasteiger partial charge in [0, 0.05) is 24.7 Å². The Labute approximate surface area is 126 Å². The Bertz CT molecular complexity index is 551. The first-order valence-corrected chi connectivity index (χ1v) is 7.63. The van der Waals surface area contributed by atoms with Crippen molar-refractivity contribution in [3.8, 4) is 0 Å². The van der Waals surface area contributed by atoms with Crippen molar-refractivity contribution in [2.45, 2.75) is 11.0 Å². The number of hydrogen-bond donors (Lipinski definition) is 1. The van der Waals surface area contributed by atoms with Gasteiger partial charge in [0.1, 0.15) is 0 Å². The fourth-order valence-corrected chi connectivity index (χ4v) is 2.71. The molecule has 1 atom stereocenters. The van der Waals surface area contributed by atoms with E-state index in [1.54, 1.807) is 23.3 Å². The van der Waals surface area contributed by atoms with E-state index in [0.717, 1.165) is 0 Å². The summed E-state index contributed by atoms with van der Waals surface area (Å²) in [7, 11) is 0. The predicted octanol–water partition coefficient (Wildman–Crippen LogP) is 1.15. The summed E-state index contributed by atoms with van der Waals surface area (Å²) in [5.41, 5.74) is 0.207. The second-order valence-electron chi connectivity index (χ2n) is 4.57. The minimum Gasteiger partial charge on any atom is -0.394 e. The molecular formula is C13H16N2O5S. The average molecular weight is 312 g/mol. The third-order valence-corrected chi connectivity index (χ3v) is 4.04.